The van der Waals surface area contributed by atoms with E-state index >= 15 is 0 Å². The van der Waals surface area contributed by atoms with Gasteiger partial charge in [-0.05, 0) is 35.9 Å². The molecule has 0 spiro atoms. The highest BCUT2D eigenvalue weighted by atomic mass is 16.3. The van der Waals surface area contributed by atoms with Gasteiger partial charge >= 0.3 is 0 Å². The lowest BCUT2D eigenvalue weighted by Gasteiger charge is -2.10. The summed E-state index contributed by atoms with van der Waals surface area (Å²) >= 11 is 0. The van der Waals surface area contributed by atoms with E-state index < -0.39 is 6.10 Å². The molecular weight excluding hydrogens is 292 g/mol. The fourth-order valence-corrected chi connectivity index (χ4v) is 2.20. The van der Waals surface area contributed by atoms with E-state index in [4.69, 9.17) is 4.42 Å². The molecule has 1 atom stereocenters. The quantitative estimate of drug-likeness (QED) is 0.711. The van der Waals surface area contributed by atoms with Crippen LogP contribution >= 0.6 is 0 Å². The second kappa shape index (κ2) is 6.89. The number of hydrogen-bond acceptors (Lipinski definition) is 4. The predicted molar refractivity (Wildman–Crippen MR) is 87.5 cm³/mol. The van der Waals surface area contributed by atoms with E-state index in [1.165, 1.54) is 6.08 Å². The van der Waals surface area contributed by atoms with Gasteiger partial charge in [-0.25, -0.2) is 0 Å². The molecule has 23 heavy (non-hydrogen) atoms. The van der Waals surface area contributed by atoms with Crippen LogP contribution in [0.1, 0.15) is 17.4 Å². The molecule has 2 N–H and O–H groups in total. The number of carbonyl (C=O) groups excluding carboxylic acids is 1. The lowest BCUT2D eigenvalue weighted by molar-refractivity contribution is -0.116. The minimum absolute atomic E-state index is 0.132. The third kappa shape index (κ3) is 3.84. The first-order valence-corrected chi connectivity index (χ1v) is 7.25. The predicted octanol–water partition coefficient (Wildman–Crippen LogP) is 2.69. The highest BCUT2D eigenvalue weighted by molar-refractivity contribution is 5.92. The van der Waals surface area contributed by atoms with Gasteiger partial charge in [0, 0.05) is 30.4 Å². The van der Waals surface area contributed by atoms with Gasteiger partial charge in [0.2, 0.25) is 5.91 Å². The van der Waals surface area contributed by atoms with Crippen LogP contribution in [0.15, 0.2) is 65.4 Å². The average molecular weight is 308 g/mol. The summed E-state index contributed by atoms with van der Waals surface area (Å²) in [6.07, 6.45) is 5.43. The zero-order chi connectivity index (χ0) is 16.1. The van der Waals surface area contributed by atoms with Crippen molar-refractivity contribution in [3.05, 3.63) is 72.3 Å². The first-order valence-electron chi connectivity index (χ1n) is 7.25. The van der Waals surface area contributed by atoms with Crippen molar-refractivity contribution in [2.45, 2.75) is 6.10 Å². The topological polar surface area (TPSA) is 75.4 Å². The third-order valence-corrected chi connectivity index (χ3v) is 3.40. The lowest BCUT2D eigenvalue weighted by Crippen LogP contribution is -2.26. The number of furan rings is 1. The van der Waals surface area contributed by atoms with Crippen molar-refractivity contribution in [2.75, 3.05) is 6.54 Å². The van der Waals surface area contributed by atoms with Crippen molar-refractivity contribution in [3.63, 3.8) is 0 Å². The Balaban J connectivity index is 1.56. The first-order chi connectivity index (χ1) is 11.2. The Labute approximate surface area is 133 Å². The summed E-state index contributed by atoms with van der Waals surface area (Å²) in [7, 11) is 0. The second-order valence-electron chi connectivity index (χ2n) is 5.06. The smallest absolute Gasteiger partial charge is 0.244 e. The van der Waals surface area contributed by atoms with Gasteiger partial charge in [0.1, 0.15) is 11.3 Å². The molecule has 0 aliphatic carbocycles. The van der Waals surface area contributed by atoms with Gasteiger partial charge in [-0.15, -0.1) is 0 Å². The summed E-state index contributed by atoms with van der Waals surface area (Å²) in [5.41, 5.74) is 1.49. The molecule has 0 radical (unpaired) electrons. The molecule has 2 aromatic heterocycles. The van der Waals surface area contributed by atoms with Gasteiger partial charge in [-0.1, -0.05) is 18.2 Å². The van der Waals surface area contributed by atoms with E-state index in [2.05, 4.69) is 10.3 Å². The average Bonchev–Trinajstić information content (AvgIpc) is 3.01. The zero-order valence-corrected chi connectivity index (χ0v) is 12.3. The molecule has 1 unspecified atom stereocenters. The van der Waals surface area contributed by atoms with E-state index in [1.54, 1.807) is 30.6 Å². The molecule has 0 saturated carbocycles. The van der Waals surface area contributed by atoms with Crippen molar-refractivity contribution in [3.8, 4) is 0 Å². The number of nitrogens with one attached hydrogen (secondary N) is 1. The Morgan fingerprint density at radius 1 is 1.26 bits per heavy atom. The molecule has 1 aromatic carbocycles. The number of aliphatic hydroxyl groups is 1. The number of rotatable bonds is 5. The standard InChI is InChI=1S/C18H16N2O3/c21-16(13-7-9-19-10-8-13)12-20-18(22)6-5-15-11-14-3-1-2-4-17(14)23-15/h1-11,16,21H,12H2,(H,20,22)/b6-5+. The maximum atomic E-state index is 11.8. The number of hydrogen-bond donors (Lipinski definition) is 2. The Hall–Kier alpha value is -2.92. The van der Waals surface area contributed by atoms with E-state index in [0.717, 1.165) is 11.0 Å². The molecule has 0 aliphatic rings. The van der Waals surface area contributed by atoms with Crippen LogP contribution in [0.2, 0.25) is 0 Å². The zero-order valence-electron chi connectivity index (χ0n) is 12.3. The van der Waals surface area contributed by atoms with Crippen LogP contribution in [0.5, 0.6) is 0 Å². The summed E-state index contributed by atoms with van der Waals surface area (Å²) in [4.78, 5) is 15.7. The Bertz CT molecular complexity index is 791. The minimum atomic E-state index is -0.762. The van der Waals surface area contributed by atoms with Gasteiger partial charge in [-0.2, -0.15) is 0 Å². The Kier molecular flexibility index (Phi) is 4.49. The molecule has 0 aliphatic heterocycles. The summed E-state index contributed by atoms with van der Waals surface area (Å²) in [5, 5.41) is 13.6. The third-order valence-electron chi connectivity index (χ3n) is 3.40. The van der Waals surface area contributed by atoms with Gasteiger partial charge in [-0.3, -0.25) is 9.78 Å². The second-order valence-corrected chi connectivity index (χ2v) is 5.06. The fraction of sp³-hybridized carbons (Fsp3) is 0.111. The minimum Gasteiger partial charge on any atom is -0.457 e. The lowest BCUT2D eigenvalue weighted by atomic mass is 10.1. The molecule has 0 fully saturated rings. The van der Waals surface area contributed by atoms with E-state index in [0.29, 0.717) is 11.3 Å². The number of carbonyl (C=O) groups is 1. The normalized spacial score (nSPS) is 12.6. The summed E-state index contributed by atoms with van der Waals surface area (Å²) in [6.45, 7) is 0.132. The number of nitrogens with zero attached hydrogens (tertiary/aromatic N) is 1. The van der Waals surface area contributed by atoms with Gasteiger partial charge in [0.15, 0.2) is 0 Å². The molecule has 5 nitrogen and oxygen atoms in total. The molecule has 1 amide bonds. The summed E-state index contributed by atoms with van der Waals surface area (Å²) < 4.78 is 5.59. The van der Waals surface area contributed by atoms with Crippen LogP contribution in [0.25, 0.3) is 17.0 Å². The van der Waals surface area contributed by atoms with Crippen LogP contribution in [0.3, 0.4) is 0 Å². The molecule has 0 bridgehead atoms. The van der Waals surface area contributed by atoms with E-state index in [1.807, 2.05) is 30.3 Å². The molecule has 3 rings (SSSR count). The number of aliphatic hydroxyl groups excluding tert-OH is 1. The number of para-hydroxylation sites is 1. The van der Waals surface area contributed by atoms with Crippen LogP contribution in [0, 0.1) is 0 Å². The number of aromatic nitrogens is 1. The van der Waals surface area contributed by atoms with Crippen LogP contribution < -0.4 is 5.32 Å². The first kappa shape index (κ1) is 15.0. The molecule has 3 aromatic rings. The van der Waals surface area contributed by atoms with Crippen LogP contribution in [-0.2, 0) is 4.79 Å². The van der Waals surface area contributed by atoms with Crippen molar-refractivity contribution < 1.29 is 14.3 Å². The maximum Gasteiger partial charge on any atom is 0.244 e. The Morgan fingerprint density at radius 2 is 2.04 bits per heavy atom. The molecule has 116 valence electrons. The number of fused-ring (bicyclic) bond motifs is 1. The fourth-order valence-electron chi connectivity index (χ4n) is 2.20. The van der Waals surface area contributed by atoms with Gasteiger partial charge < -0.3 is 14.8 Å². The number of amides is 1. The van der Waals surface area contributed by atoms with Crippen molar-refractivity contribution in [1.82, 2.24) is 10.3 Å². The maximum absolute atomic E-state index is 11.8. The van der Waals surface area contributed by atoms with Crippen LogP contribution in [0.4, 0.5) is 0 Å². The monoisotopic (exact) mass is 308 g/mol. The largest absolute Gasteiger partial charge is 0.457 e. The van der Waals surface area contributed by atoms with Crippen molar-refractivity contribution >= 4 is 23.0 Å². The van der Waals surface area contributed by atoms with E-state index in [9.17, 15) is 9.90 Å². The van der Waals surface area contributed by atoms with Crippen molar-refractivity contribution in [1.29, 1.82) is 0 Å². The SMILES string of the molecule is O=C(/C=C/c1cc2ccccc2o1)NCC(O)c1ccncc1. The van der Waals surface area contributed by atoms with Gasteiger partial charge in [0.05, 0.1) is 6.10 Å². The van der Waals surface area contributed by atoms with E-state index in [-0.39, 0.29) is 12.5 Å². The highest BCUT2D eigenvalue weighted by Gasteiger charge is 2.08. The van der Waals surface area contributed by atoms with Crippen molar-refractivity contribution in [2.24, 2.45) is 0 Å². The molecule has 5 heteroatoms. The summed E-state index contributed by atoms with van der Waals surface area (Å²) in [6, 6.07) is 12.9. The summed E-state index contributed by atoms with van der Waals surface area (Å²) in [5.74, 6) is 0.314. The Morgan fingerprint density at radius 3 is 2.83 bits per heavy atom. The molecule has 2 heterocycles. The molecular formula is C18H16N2O3. The van der Waals surface area contributed by atoms with Gasteiger partial charge in [0.25, 0.3) is 0 Å². The highest BCUT2D eigenvalue weighted by Crippen LogP contribution is 2.19. The number of pyridine rings is 1. The number of benzene rings is 1. The van der Waals surface area contributed by atoms with Crippen LogP contribution in [-0.4, -0.2) is 22.5 Å². The molecule has 0 saturated heterocycles.